The van der Waals surface area contributed by atoms with E-state index in [0.29, 0.717) is 18.3 Å². The van der Waals surface area contributed by atoms with E-state index >= 15 is 0 Å². The fourth-order valence-electron chi connectivity index (χ4n) is 5.26. The highest BCUT2D eigenvalue weighted by molar-refractivity contribution is 5.71. The summed E-state index contributed by atoms with van der Waals surface area (Å²) in [5.41, 5.74) is 7.88. The van der Waals surface area contributed by atoms with Crippen molar-refractivity contribution in [3.05, 3.63) is 156 Å². The Kier molecular flexibility index (Phi) is 8.73. The summed E-state index contributed by atoms with van der Waals surface area (Å²) in [5.74, 6) is 0.0901. The van der Waals surface area contributed by atoms with Crippen molar-refractivity contribution in [1.29, 1.82) is 0 Å². The van der Waals surface area contributed by atoms with Crippen LogP contribution in [0.4, 0.5) is 4.39 Å². The van der Waals surface area contributed by atoms with Gasteiger partial charge in [0, 0.05) is 17.0 Å². The summed E-state index contributed by atoms with van der Waals surface area (Å²) in [4.78, 5) is 0. The van der Waals surface area contributed by atoms with E-state index in [9.17, 15) is 24.8 Å². The summed E-state index contributed by atoms with van der Waals surface area (Å²) < 4.78 is 9.50. The van der Waals surface area contributed by atoms with Gasteiger partial charge in [0.05, 0.1) is 7.18 Å². The third-order valence-electron chi connectivity index (χ3n) is 7.43. The van der Waals surface area contributed by atoms with Crippen molar-refractivity contribution in [2.75, 3.05) is 7.18 Å². The third-order valence-corrected chi connectivity index (χ3v) is 7.43. The number of phenolic OH excluding ortho intramolecular Hbond substituents is 4. The molecule has 0 heterocycles. The van der Waals surface area contributed by atoms with Crippen molar-refractivity contribution < 1.29 is 24.8 Å². The predicted molar refractivity (Wildman–Crippen MR) is 170 cm³/mol. The second kappa shape index (κ2) is 13.0. The van der Waals surface area contributed by atoms with Crippen LogP contribution < -0.4 is 0 Å². The number of hydrogen-bond acceptors (Lipinski definition) is 4. The van der Waals surface area contributed by atoms with Gasteiger partial charge in [-0.2, -0.15) is 0 Å². The first-order valence-corrected chi connectivity index (χ1v) is 13.7. The van der Waals surface area contributed by atoms with Crippen molar-refractivity contribution in [3.63, 3.8) is 0 Å². The monoisotopic (exact) mass is 570 g/mol. The van der Waals surface area contributed by atoms with Crippen LogP contribution in [0.1, 0.15) is 22.6 Å². The average molecular weight is 571 g/mol. The highest BCUT2D eigenvalue weighted by atomic mass is 19.1. The smallest absolute Gasteiger partial charge is 0.119 e. The standard InChI is InChI=1S/C37H28O4.CH3F/c38-31-16-10-26(11-17-31)29-14-20-35(40)33(22-29)37(28-8-6-25(7-9-28)24-4-2-1-3-5-24)34-23-30(15-21-36(34)41)27-12-18-32(39)19-13-27;1-2/h1-23,37-41H;1H3. The summed E-state index contributed by atoms with van der Waals surface area (Å²) in [6.45, 7) is 0. The molecule has 0 spiro atoms. The summed E-state index contributed by atoms with van der Waals surface area (Å²) >= 11 is 0. The first kappa shape index (κ1) is 29.0. The van der Waals surface area contributed by atoms with Crippen LogP contribution in [0.25, 0.3) is 33.4 Å². The Balaban J connectivity index is 0.00000180. The summed E-state index contributed by atoms with van der Waals surface area (Å²) in [7, 11) is 0.500. The number of phenols is 4. The minimum absolute atomic E-state index is 0.110. The van der Waals surface area contributed by atoms with Gasteiger partial charge in [-0.1, -0.05) is 91.0 Å². The molecule has 4 nitrogen and oxygen atoms in total. The summed E-state index contributed by atoms with van der Waals surface area (Å²) in [5, 5.41) is 42.0. The molecule has 214 valence electrons. The molecule has 6 aromatic rings. The van der Waals surface area contributed by atoms with Gasteiger partial charge in [-0.25, -0.2) is 0 Å². The van der Waals surface area contributed by atoms with E-state index in [-0.39, 0.29) is 23.0 Å². The number of benzene rings is 6. The zero-order chi connectivity index (χ0) is 30.3. The van der Waals surface area contributed by atoms with Gasteiger partial charge in [0.25, 0.3) is 0 Å². The van der Waals surface area contributed by atoms with E-state index in [1.54, 1.807) is 36.4 Å². The second-order valence-corrected chi connectivity index (χ2v) is 10.1. The van der Waals surface area contributed by atoms with Crippen molar-refractivity contribution in [1.82, 2.24) is 0 Å². The zero-order valence-corrected chi connectivity index (χ0v) is 23.5. The third kappa shape index (κ3) is 6.36. The van der Waals surface area contributed by atoms with Crippen LogP contribution in [0.5, 0.6) is 23.0 Å². The molecule has 6 aromatic carbocycles. The lowest BCUT2D eigenvalue weighted by molar-refractivity contribution is 0.458. The van der Waals surface area contributed by atoms with E-state index in [1.807, 2.05) is 78.9 Å². The molecule has 4 N–H and O–H groups in total. The van der Waals surface area contributed by atoms with Gasteiger partial charge >= 0.3 is 0 Å². The normalized spacial score (nSPS) is 10.7. The van der Waals surface area contributed by atoms with E-state index in [1.165, 1.54) is 0 Å². The van der Waals surface area contributed by atoms with Gasteiger partial charge < -0.3 is 20.4 Å². The van der Waals surface area contributed by atoms with Crippen LogP contribution in [0.2, 0.25) is 0 Å². The predicted octanol–water partition coefficient (Wildman–Crippen LogP) is 9.28. The van der Waals surface area contributed by atoms with E-state index < -0.39 is 5.92 Å². The van der Waals surface area contributed by atoms with Crippen molar-refractivity contribution in [2.45, 2.75) is 5.92 Å². The van der Waals surface area contributed by atoms with Gasteiger partial charge in [-0.05, 0) is 87.5 Å². The number of aromatic hydroxyl groups is 4. The Morgan fingerprint density at radius 2 is 0.744 bits per heavy atom. The van der Waals surface area contributed by atoms with E-state index in [4.69, 9.17) is 0 Å². The molecule has 0 amide bonds. The lowest BCUT2D eigenvalue weighted by atomic mass is 9.81. The summed E-state index contributed by atoms with van der Waals surface area (Å²) in [6, 6.07) is 43.1. The quantitative estimate of drug-likeness (QED) is 0.150. The Morgan fingerprint density at radius 1 is 0.395 bits per heavy atom. The SMILES string of the molecule is CF.Oc1ccc(-c2ccc(O)c(C(c3ccc(-c4ccccc4)cc3)c3cc(-c4ccc(O)cc4)ccc3O)c2)cc1. The van der Waals surface area contributed by atoms with Crippen LogP contribution in [-0.2, 0) is 0 Å². The molecule has 0 saturated heterocycles. The van der Waals surface area contributed by atoms with E-state index in [2.05, 4.69) is 24.3 Å². The molecule has 0 unspecified atom stereocenters. The van der Waals surface area contributed by atoms with Gasteiger partial charge in [0.2, 0.25) is 0 Å². The van der Waals surface area contributed by atoms with Crippen molar-refractivity contribution in [3.8, 4) is 56.4 Å². The topological polar surface area (TPSA) is 80.9 Å². The molecule has 0 aliphatic carbocycles. The minimum atomic E-state index is -0.492. The number of alkyl halides is 1. The maximum absolute atomic E-state index is 11.2. The van der Waals surface area contributed by atoms with Crippen LogP contribution in [0.3, 0.4) is 0 Å². The highest BCUT2D eigenvalue weighted by Crippen LogP contribution is 2.44. The maximum atomic E-state index is 11.2. The fourth-order valence-corrected chi connectivity index (χ4v) is 5.26. The first-order chi connectivity index (χ1) is 21.0. The molecule has 0 saturated carbocycles. The molecule has 0 aromatic heterocycles. The van der Waals surface area contributed by atoms with Gasteiger partial charge in [-0.3, -0.25) is 4.39 Å². The molecule has 0 fully saturated rings. The van der Waals surface area contributed by atoms with Crippen LogP contribution in [0, 0.1) is 0 Å². The summed E-state index contributed by atoms with van der Waals surface area (Å²) in [6.07, 6.45) is 0. The van der Waals surface area contributed by atoms with Crippen LogP contribution in [-0.4, -0.2) is 27.6 Å². The van der Waals surface area contributed by atoms with Crippen LogP contribution >= 0.6 is 0 Å². The second-order valence-electron chi connectivity index (χ2n) is 10.1. The Bertz CT molecular complexity index is 1700. The van der Waals surface area contributed by atoms with Gasteiger partial charge in [0.15, 0.2) is 0 Å². The molecule has 0 radical (unpaired) electrons. The average Bonchev–Trinajstić information content (AvgIpc) is 3.05. The molecule has 43 heavy (non-hydrogen) atoms. The Labute approximate surface area is 250 Å². The molecular formula is C38H31FO4. The van der Waals surface area contributed by atoms with Gasteiger partial charge in [-0.15, -0.1) is 0 Å². The van der Waals surface area contributed by atoms with E-state index in [0.717, 1.165) is 38.9 Å². The molecular weight excluding hydrogens is 539 g/mol. The molecule has 5 heteroatoms. The lowest BCUT2D eigenvalue weighted by Crippen LogP contribution is -2.05. The Morgan fingerprint density at radius 3 is 1.19 bits per heavy atom. The fraction of sp³-hybridized carbons (Fsp3) is 0.0526. The molecule has 0 aliphatic rings. The maximum Gasteiger partial charge on any atom is 0.119 e. The van der Waals surface area contributed by atoms with Crippen LogP contribution in [0.15, 0.2) is 140 Å². The molecule has 6 rings (SSSR count). The molecule has 0 aliphatic heterocycles. The number of rotatable bonds is 6. The van der Waals surface area contributed by atoms with Crippen molar-refractivity contribution in [2.24, 2.45) is 0 Å². The molecule has 0 atom stereocenters. The largest absolute Gasteiger partial charge is 0.508 e. The highest BCUT2D eigenvalue weighted by Gasteiger charge is 2.24. The number of halogens is 1. The zero-order valence-electron chi connectivity index (χ0n) is 23.5. The minimum Gasteiger partial charge on any atom is -0.508 e. The Hall–Kier alpha value is -5.55. The van der Waals surface area contributed by atoms with Gasteiger partial charge in [0.1, 0.15) is 23.0 Å². The van der Waals surface area contributed by atoms with Crippen molar-refractivity contribution >= 4 is 0 Å². The number of hydrogen-bond donors (Lipinski definition) is 4. The molecule has 0 bridgehead atoms. The first-order valence-electron chi connectivity index (χ1n) is 13.7. The lowest BCUT2D eigenvalue weighted by Gasteiger charge is -2.23.